The molecule has 1 saturated heterocycles. The lowest BCUT2D eigenvalue weighted by atomic mass is 9.97. The number of hydrogen-bond acceptors (Lipinski definition) is 4. The summed E-state index contributed by atoms with van der Waals surface area (Å²) in [5, 5.41) is 4.51. The fourth-order valence-electron chi connectivity index (χ4n) is 3.35. The lowest BCUT2D eigenvalue weighted by Crippen LogP contribution is -2.43. The molecule has 0 unspecified atom stereocenters. The molecule has 0 bridgehead atoms. The molecule has 6 nitrogen and oxygen atoms in total. The highest BCUT2D eigenvalue weighted by molar-refractivity contribution is 7.15. The average Bonchev–Trinajstić information content (AvgIpc) is 3.27. The van der Waals surface area contributed by atoms with Crippen molar-refractivity contribution in [2.45, 2.75) is 19.8 Å². The molecule has 2 N–H and O–H groups in total. The first-order chi connectivity index (χ1) is 12.6. The molecule has 2 aromatic heterocycles. The number of para-hydroxylation sites is 1. The van der Waals surface area contributed by atoms with Gasteiger partial charge in [-0.15, -0.1) is 11.3 Å². The minimum Gasteiger partial charge on any atom is -0.351 e. The predicted molar refractivity (Wildman–Crippen MR) is 102 cm³/mol. The van der Waals surface area contributed by atoms with E-state index in [1.165, 1.54) is 11.3 Å². The number of likely N-dealkylation sites (tertiary alicyclic amines) is 1. The van der Waals surface area contributed by atoms with Crippen molar-refractivity contribution in [1.82, 2.24) is 14.9 Å². The monoisotopic (exact) mass is 368 g/mol. The van der Waals surface area contributed by atoms with E-state index < -0.39 is 0 Å². The SMILES string of the molecule is Cc1cnc(NC(=O)[C@H]2CCCN(C(=O)c3cc4ccccc4[nH]3)C2)s1. The maximum atomic E-state index is 12.9. The first kappa shape index (κ1) is 16.8. The number of benzene rings is 1. The fourth-order valence-corrected chi connectivity index (χ4v) is 4.02. The van der Waals surface area contributed by atoms with Crippen LogP contribution in [0.4, 0.5) is 5.13 Å². The number of carbonyl (C=O) groups is 2. The largest absolute Gasteiger partial charge is 0.351 e. The van der Waals surface area contributed by atoms with Crippen LogP contribution in [0.1, 0.15) is 28.2 Å². The maximum Gasteiger partial charge on any atom is 0.270 e. The molecule has 134 valence electrons. The van der Waals surface area contributed by atoms with Gasteiger partial charge in [0.15, 0.2) is 5.13 Å². The van der Waals surface area contributed by atoms with Crippen molar-refractivity contribution in [3.05, 3.63) is 47.1 Å². The van der Waals surface area contributed by atoms with Gasteiger partial charge in [-0.1, -0.05) is 18.2 Å². The molecule has 0 radical (unpaired) electrons. The molecule has 3 heterocycles. The van der Waals surface area contributed by atoms with Crippen LogP contribution in [0.15, 0.2) is 36.5 Å². The smallest absolute Gasteiger partial charge is 0.270 e. The van der Waals surface area contributed by atoms with Gasteiger partial charge in [0, 0.05) is 35.1 Å². The molecule has 1 aromatic carbocycles. The number of nitrogens with zero attached hydrogens (tertiary/aromatic N) is 2. The van der Waals surface area contributed by atoms with Gasteiger partial charge in [0.2, 0.25) is 5.91 Å². The van der Waals surface area contributed by atoms with Gasteiger partial charge >= 0.3 is 0 Å². The summed E-state index contributed by atoms with van der Waals surface area (Å²) in [5.74, 6) is -0.321. The average molecular weight is 368 g/mol. The lowest BCUT2D eigenvalue weighted by molar-refractivity contribution is -0.121. The van der Waals surface area contributed by atoms with Crippen molar-refractivity contribution in [3.63, 3.8) is 0 Å². The van der Waals surface area contributed by atoms with E-state index in [4.69, 9.17) is 0 Å². The van der Waals surface area contributed by atoms with Crippen LogP contribution in [0.25, 0.3) is 10.9 Å². The molecule has 1 aliphatic rings. The highest BCUT2D eigenvalue weighted by atomic mass is 32.1. The predicted octanol–water partition coefficient (Wildman–Crippen LogP) is 3.42. The fraction of sp³-hybridized carbons (Fsp3) is 0.316. The van der Waals surface area contributed by atoms with Gasteiger partial charge in [-0.05, 0) is 31.9 Å². The Balaban J connectivity index is 1.45. The topological polar surface area (TPSA) is 78.1 Å². The minimum absolute atomic E-state index is 0.0520. The van der Waals surface area contributed by atoms with E-state index in [-0.39, 0.29) is 17.7 Å². The van der Waals surface area contributed by atoms with Crippen molar-refractivity contribution < 1.29 is 9.59 Å². The van der Waals surface area contributed by atoms with Gasteiger partial charge in [-0.3, -0.25) is 9.59 Å². The molecular weight excluding hydrogens is 348 g/mol. The van der Waals surface area contributed by atoms with Crippen LogP contribution in [0.5, 0.6) is 0 Å². The van der Waals surface area contributed by atoms with E-state index in [9.17, 15) is 9.59 Å². The summed E-state index contributed by atoms with van der Waals surface area (Å²) >= 11 is 1.46. The van der Waals surface area contributed by atoms with Crippen LogP contribution in [-0.4, -0.2) is 39.8 Å². The molecule has 1 atom stereocenters. The number of H-pyrrole nitrogens is 1. The number of carbonyl (C=O) groups excluding carboxylic acids is 2. The number of fused-ring (bicyclic) bond motifs is 1. The number of aromatic amines is 1. The van der Waals surface area contributed by atoms with Gasteiger partial charge in [0.1, 0.15) is 5.69 Å². The molecule has 7 heteroatoms. The van der Waals surface area contributed by atoms with Gasteiger partial charge in [0.05, 0.1) is 5.92 Å². The summed E-state index contributed by atoms with van der Waals surface area (Å²) in [6, 6.07) is 9.69. The van der Waals surface area contributed by atoms with Crippen molar-refractivity contribution in [1.29, 1.82) is 0 Å². The Morgan fingerprint density at radius 3 is 2.96 bits per heavy atom. The Bertz CT molecular complexity index is 928. The summed E-state index contributed by atoms with van der Waals surface area (Å²) in [6.07, 6.45) is 3.35. The first-order valence-corrected chi connectivity index (χ1v) is 9.52. The van der Waals surface area contributed by atoms with E-state index >= 15 is 0 Å². The van der Waals surface area contributed by atoms with Crippen molar-refractivity contribution in [2.75, 3.05) is 18.4 Å². The number of amides is 2. The number of hydrogen-bond donors (Lipinski definition) is 2. The second kappa shape index (κ2) is 6.92. The van der Waals surface area contributed by atoms with E-state index in [1.54, 1.807) is 11.1 Å². The molecule has 0 aliphatic carbocycles. The third-order valence-corrected chi connectivity index (χ3v) is 5.52. The summed E-state index contributed by atoms with van der Waals surface area (Å²) in [7, 11) is 0. The van der Waals surface area contributed by atoms with Crippen molar-refractivity contribution in [2.24, 2.45) is 5.92 Å². The Hall–Kier alpha value is -2.67. The molecule has 1 fully saturated rings. The Morgan fingerprint density at radius 2 is 2.19 bits per heavy atom. The minimum atomic E-state index is -0.207. The van der Waals surface area contributed by atoms with Gasteiger partial charge < -0.3 is 15.2 Å². The second-order valence-electron chi connectivity index (χ2n) is 6.63. The molecule has 4 rings (SSSR count). The van der Waals surface area contributed by atoms with Crippen LogP contribution in [0.3, 0.4) is 0 Å². The van der Waals surface area contributed by atoms with Gasteiger partial charge in [0.25, 0.3) is 5.91 Å². The first-order valence-electron chi connectivity index (χ1n) is 8.70. The second-order valence-corrected chi connectivity index (χ2v) is 7.86. The number of thiazole rings is 1. The van der Waals surface area contributed by atoms with Gasteiger partial charge in [-0.2, -0.15) is 0 Å². The zero-order valence-corrected chi connectivity index (χ0v) is 15.3. The molecule has 3 aromatic rings. The third kappa shape index (κ3) is 3.35. The molecule has 2 amide bonds. The van der Waals surface area contributed by atoms with E-state index in [2.05, 4.69) is 15.3 Å². The van der Waals surface area contributed by atoms with E-state index in [0.717, 1.165) is 28.6 Å². The number of aryl methyl sites for hydroxylation is 1. The Labute approximate surface area is 155 Å². The quantitative estimate of drug-likeness (QED) is 0.743. The van der Waals surface area contributed by atoms with Crippen molar-refractivity contribution >= 4 is 39.2 Å². The van der Waals surface area contributed by atoms with E-state index in [1.807, 2.05) is 37.3 Å². The summed E-state index contributed by atoms with van der Waals surface area (Å²) in [6.45, 7) is 3.06. The number of nitrogens with one attached hydrogen (secondary N) is 2. The van der Waals surface area contributed by atoms with Crippen molar-refractivity contribution in [3.8, 4) is 0 Å². The highest BCUT2D eigenvalue weighted by Gasteiger charge is 2.30. The van der Waals surface area contributed by atoms with Crippen LogP contribution in [0.2, 0.25) is 0 Å². The number of aromatic nitrogens is 2. The van der Waals surface area contributed by atoms with Crippen LogP contribution < -0.4 is 5.32 Å². The number of rotatable bonds is 3. The standard InChI is InChI=1S/C19H20N4O2S/c1-12-10-20-19(26-12)22-17(24)14-6-4-8-23(11-14)18(25)16-9-13-5-2-3-7-15(13)21-16/h2-3,5,7,9-10,14,21H,4,6,8,11H2,1H3,(H,20,22,24)/t14-/m0/s1. The van der Waals surface area contributed by atoms with E-state index in [0.29, 0.717) is 23.9 Å². The number of anilines is 1. The molecular formula is C19H20N4O2S. The summed E-state index contributed by atoms with van der Waals surface area (Å²) < 4.78 is 0. The molecule has 1 aliphatic heterocycles. The zero-order chi connectivity index (χ0) is 18.1. The normalized spacial score (nSPS) is 17.4. The maximum absolute atomic E-state index is 12.9. The van der Waals surface area contributed by atoms with Gasteiger partial charge in [-0.25, -0.2) is 4.98 Å². The third-order valence-electron chi connectivity index (χ3n) is 4.69. The molecule has 0 spiro atoms. The molecule has 26 heavy (non-hydrogen) atoms. The van der Waals surface area contributed by atoms with Crippen LogP contribution in [-0.2, 0) is 4.79 Å². The summed E-state index contributed by atoms with van der Waals surface area (Å²) in [4.78, 5) is 35.6. The van der Waals surface area contributed by atoms with Crippen LogP contribution in [0, 0.1) is 12.8 Å². The number of piperidine rings is 1. The Morgan fingerprint density at radius 1 is 1.35 bits per heavy atom. The Kier molecular flexibility index (Phi) is 4.46. The zero-order valence-electron chi connectivity index (χ0n) is 14.5. The lowest BCUT2D eigenvalue weighted by Gasteiger charge is -2.31. The summed E-state index contributed by atoms with van der Waals surface area (Å²) in [5.41, 5.74) is 1.52. The van der Waals surface area contributed by atoms with Crippen LogP contribution >= 0.6 is 11.3 Å². The highest BCUT2D eigenvalue weighted by Crippen LogP contribution is 2.23. The molecule has 0 saturated carbocycles.